The molecule has 0 saturated carbocycles. The molecule has 1 aliphatic rings. The highest BCUT2D eigenvalue weighted by Crippen LogP contribution is 2.21. The molecule has 0 amide bonds. The molecule has 0 bridgehead atoms. The van der Waals surface area contributed by atoms with Crippen LogP contribution < -0.4 is 4.74 Å². The van der Waals surface area contributed by atoms with Gasteiger partial charge in [-0.3, -0.25) is 4.79 Å². The molecule has 32 heavy (non-hydrogen) atoms. The van der Waals surface area contributed by atoms with E-state index in [0.29, 0.717) is 31.2 Å². The normalized spacial score (nSPS) is 15.7. The summed E-state index contributed by atoms with van der Waals surface area (Å²) in [7, 11) is -3.51. The molecule has 0 spiro atoms. The van der Waals surface area contributed by atoms with Crippen LogP contribution in [0.1, 0.15) is 61.9 Å². The van der Waals surface area contributed by atoms with Gasteiger partial charge < -0.3 is 4.74 Å². The molecule has 5 nitrogen and oxygen atoms in total. The molecule has 0 unspecified atom stereocenters. The molecule has 1 saturated heterocycles. The van der Waals surface area contributed by atoms with Crippen LogP contribution in [-0.2, 0) is 10.0 Å². The lowest BCUT2D eigenvalue weighted by Gasteiger charge is -2.19. The summed E-state index contributed by atoms with van der Waals surface area (Å²) in [4.78, 5) is 12.8. The minimum Gasteiger partial charge on any atom is -0.494 e. The smallest absolute Gasteiger partial charge is 0.243 e. The third-order valence-corrected chi connectivity index (χ3v) is 7.53. The molecule has 0 N–H and O–H groups in total. The molecule has 0 atom stereocenters. The fraction of sp³-hybridized carbons (Fsp3) is 0.423. The second kappa shape index (κ2) is 11.4. The molecule has 1 heterocycles. The molecule has 0 aliphatic carbocycles. The Balaban J connectivity index is 1.60. The molecule has 0 radical (unpaired) electrons. The van der Waals surface area contributed by atoms with Gasteiger partial charge in [0.15, 0.2) is 5.78 Å². The Hall–Kier alpha value is -2.44. The first-order valence-corrected chi connectivity index (χ1v) is 12.9. The first-order valence-electron chi connectivity index (χ1n) is 11.4. The SMILES string of the molecule is CC(C)CCOc1ccc(C=CC(=O)c2ccc(S(=O)(=O)N3CCCCCC3)cc2)cc1. The third-order valence-electron chi connectivity index (χ3n) is 5.61. The zero-order valence-electron chi connectivity index (χ0n) is 19.0. The molecule has 1 fully saturated rings. The van der Waals surface area contributed by atoms with Gasteiger partial charge in [0.1, 0.15) is 5.75 Å². The number of hydrogen-bond acceptors (Lipinski definition) is 4. The zero-order chi connectivity index (χ0) is 23.0. The van der Waals surface area contributed by atoms with E-state index in [1.54, 1.807) is 22.5 Å². The van der Waals surface area contributed by atoms with Crippen LogP contribution in [-0.4, -0.2) is 38.2 Å². The number of benzene rings is 2. The van der Waals surface area contributed by atoms with Crippen molar-refractivity contribution in [1.82, 2.24) is 4.31 Å². The molecule has 2 aromatic carbocycles. The van der Waals surface area contributed by atoms with Crippen LogP contribution in [0.15, 0.2) is 59.5 Å². The van der Waals surface area contributed by atoms with Crippen molar-refractivity contribution in [2.24, 2.45) is 5.92 Å². The second-order valence-electron chi connectivity index (χ2n) is 8.64. The van der Waals surface area contributed by atoms with Crippen molar-refractivity contribution in [3.63, 3.8) is 0 Å². The van der Waals surface area contributed by atoms with Gasteiger partial charge in [-0.05, 0) is 73.2 Å². The van der Waals surface area contributed by atoms with Crippen molar-refractivity contribution in [2.75, 3.05) is 19.7 Å². The lowest BCUT2D eigenvalue weighted by atomic mass is 10.1. The molecule has 2 aromatic rings. The van der Waals surface area contributed by atoms with Crippen LogP contribution in [0.4, 0.5) is 0 Å². The lowest BCUT2D eigenvalue weighted by molar-refractivity contribution is 0.104. The molecule has 3 rings (SSSR count). The van der Waals surface area contributed by atoms with Gasteiger partial charge in [-0.15, -0.1) is 0 Å². The van der Waals surface area contributed by atoms with Crippen molar-refractivity contribution in [3.05, 3.63) is 65.7 Å². The van der Waals surface area contributed by atoms with E-state index in [1.807, 2.05) is 24.3 Å². The van der Waals surface area contributed by atoms with E-state index in [0.717, 1.165) is 43.4 Å². The second-order valence-corrected chi connectivity index (χ2v) is 10.6. The summed E-state index contributed by atoms with van der Waals surface area (Å²) in [5, 5.41) is 0. The first-order chi connectivity index (χ1) is 15.4. The number of sulfonamides is 1. The fourth-order valence-corrected chi connectivity index (χ4v) is 5.10. The van der Waals surface area contributed by atoms with Gasteiger partial charge in [-0.2, -0.15) is 4.31 Å². The Morgan fingerprint density at radius 2 is 1.59 bits per heavy atom. The number of ketones is 1. The quantitative estimate of drug-likeness (QED) is 0.366. The minimum atomic E-state index is -3.51. The summed E-state index contributed by atoms with van der Waals surface area (Å²) in [6.07, 6.45) is 8.19. The summed E-state index contributed by atoms with van der Waals surface area (Å²) in [5.74, 6) is 1.25. The van der Waals surface area contributed by atoms with Crippen LogP contribution >= 0.6 is 0 Å². The highest BCUT2D eigenvalue weighted by atomic mass is 32.2. The van der Waals surface area contributed by atoms with Crippen molar-refractivity contribution in [2.45, 2.75) is 50.8 Å². The Bertz CT molecular complexity index is 1000. The Labute approximate surface area is 192 Å². The van der Waals surface area contributed by atoms with E-state index in [4.69, 9.17) is 4.74 Å². The number of allylic oxidation sites excluding steroid dienone is 1. The number of nitrogens with zero attached hydrogens (tertiary/aromatic N) is 1. The summed E-state index contributed by atoms with van der Waals surface area (Å²) in [6, 6.07) is 13.8. The van der Waals surface area contributed by atoms with Gasteiger partial charge in [0.2, 0.25) is 10.0 Å². The number of hydrogen-bond donors (Lipinski definition) is 0. The van der Waals surface area contributed by atoms with E-state index in [9.17, 15) is 13.2 Å². The van der Waals surface area contributed by atoms with Crippen molar-refractivity contribution in [3.8, 4) is 5.75 Å². The standard InChI is InChI=1S/C26H33NO4S/c1-21(2)17-20-31-24-12-7-22(8-13-24)9-16-26(28)23-10-14-25(15-11-23)32(29,30)27-18-5-3-4-6-19-27/h7-16,21H,3-6,17-20H2,1-2H3. The highest BCUT2D eigenvalue weighted by molar-refractivity contribution is 7.89. The maximum Gasteiger partial charge on any atom is 0.243 e. The van der Waals surface area contributed by atoms with E-state index in [-0.39, 0.29) is 10.7 Å². The summed E-state index contributed by atoms with van der Waals surface area (Å²) >= 11 is 0. The number of rotatable bonds is 9. The largest absolute Gasteiger partial charge is 0.494 e. The van der Waals surface area contributed by atoms with Crippen LogP contribution in [0.3, 0.4) is 0 Å². The fourth-order valence-electron chi connectivity index (χ4n) is 3.58. The maximum absolute atomic E-state index is 12.9. The van der Waals surface area contributed by atoms with Crippen molar-refractivity contribution in [1.29, 1.82) is 0 Å². The van der Waals surface area contributed by atoms with Gasteiger partial charge in [0.25, 0.3) is 0 Å². The summed E-state index contributed by atoms with van der Waals surface area (Å²) in [5.41, 5.74) is 1.36. The molecule has 6 heteroatoms. The van der Waals surface area contributed by atoms with Crippen LogP contribution in [0.25, 0.3) is 6.08 Å². The van der Waals surface area contributed by atoms with E-state index in [2.05, 4.69) is 13.8 Å². The van der Waals surface area contributed by atoms with E-state index < -0.39 is 10.0 Å². The van der Waals surface area contributed by atoms with E-state index >= 15 is 0 Å². The Morgan fingerprint density at radius 1 is 0.969 bits per heavy atom. The lowest BCUT2D eigenvalue weighted by Crippen LogP contribution is -2.31. The summed E-state index contributed by atoms with van der Waals surface area (Å²) in [6.45, 7) is 6.14. The summed E-state index contributed by atoms with van der Waals surface area (Å²) < 4.78 is 33.0. The molecular formula is C26H33NO4S. The molecule has 0 aromatic heterocycles. The number of carbonyl (C=O) groups excluding carboxylic acids is 1. The van der Waals surface area contributed by atoms with Gasteiger partial charge in [0, 0.05) is 18.7 Å². The van der Waals surface area contributed by atoms with Crippen LogP contribution in [0, 0.1) is 5.92 Å². The maximum atomic E-state index is 12.9. The number of ether oxygens (including phenoxy) is 1. The monoisotopic (exact) mass is 455 g/mol. The Morgan fingerprint density at radius 3 is 2.19 bits per heavy atom. The van der Waals surface area contributed by atoms with Crippen LogP contribution in [0.5, 0.6) is 5.75 Å². The topological polar surface area (TPSA) is 63.7 Å². The van der Waals surface area contributed by atoms with Crippen LogP contribution in [0.2, 0.25) is 0 Å². The zero-order valence-corrected chi connectivity index (χ0v) is 19.8. The van der Waals surface area contributed by atoms with E-state index in [1.165, 1.54) is 18.2 Å². The van der Waals surface area contributed by atoms with Crippen molar-refractivity contribution >= 4 is 21.9 Å². The average molecular weight is 456 g/mol. The highest BCUT2D eigenvalue weighted by Gasteiger charge is 2.25. The number of carbonyl (C=O) groups is 1. The third kappa shape index (κ3) is 6.78. The molecule has 1 aliphatic heterocycles. The average Bonchev–Trinajstić information content (AvgIpc) is 3.08. The van der Waals surface area contributed by atoms with Gasteiger partial charge in [-0.1, -0.05) is 44.9 Å². The van der Waals surface area contributed by atoms with Gasteiger partial charge in [0.05, 0.1) is 11.5 Å². The first kappa shape index (κ1) is 24.2. The molecule has 172 valence electrons. The van der Waals surface area contributed by atoms with Crippen molar-refractivity contribution < 1.29 is 17.9 Å². The minimum absolute atomic E-state index is 0.166. The Kier molecular flexibility index (Phi) is 8.65. The van der Waals surface area contributed by atoms with Gasteiger partial charge >= 0.3 is 0 Å². The van der Waals surface area contributed by atoms with Gasteiger partial charge in [-0.25, -0.2) is 8.42 Å². The molecular weight excluding hydrogens is 422 g/mol. The predicted molar refractivity (Wildman–Crippen MR) is 128 cm³/mol. The predicted octanol–water partition coefficient (Wildman–Crippen LogP) is 5.57.